The SMILES string of the molecule is COc1cc(/C=C/C(=O)NCC2Cc3ccccc3O2)cc(OC)c1OC. The van der Waals surface area contributed by atoms with Crippen LogP contribution in [0.4, 0.5) is 0 Å². The van der Waals surface area contributed by atoms with Crippen molar-refractivity contribution >= 4 is 12.0 Å². The molecule has 27 heavy (non-hydrogen) atoms. The molecule has 6 heteroatoms. The molecule has 0 fully saturated rings. The number of fused-ring (bicyclic) bond motifs is 1. The molecule has 1 unspecified atom stereocenters. The number of benzene rings is 2. The van der Waals surface area contributed by atoms with E-state index < -0.39 is 0 Å². The third-order valence-corrected chi connectivity index (χ3v) is 4.33. The largest absolute Gasteiger partial charge is 0.493 e. The highest BCUT2D eigenvalue weighted by Crippen LogP contribution is 2.38. The molecule has 1 aliphatic rings. The Bertz CT molecular complexity index is 796. The first-order valence-electron chi connectivity index (χ1n) is 8.65. The Morgan fingerprint density at radius 2 is 1.85 bits per heavy atom. The van der Waals surface area contributed by atoms with Crippen molar-refractivity contribution in [1.82, 2.24) is 5.32 Å². The van der Waals surface area contributed by atoms with Gasteiger partial charge in [-0.3, -0.25) is 4.79 Å². The molecule has 0 saturated carbocycles. The molecule has 0 bridgehead atoms. The molecule has 0 aliphatic carbocycles. The highest BCUT2D eigenvalue weighted by atomic mass is 16.5. The Morgan fingerprint density at radius 3 is 2.48 bits per heavy atom. The van der Waals surface area contributed by atoms with Crippen LogP contribution >= 0.6 is 0 Å². The van der Waals surface area contributed by atoms with Crippen LogP contribution in [-0.4, -0.2) is 39.9 Å². The van der Waals surface area contributed by atoms with Gasteiger partial charge in [-0.15, -0.1) is 0 Å². The van der Waals surface area contributed by atoms with E-state index in [-0.39, 0.29) is 12.0 Å². The summed E-state index contributed by atoms with van der Waals surface area (Å²) in [6.07, 6.45) is 3.93. The summed E-state index contributed by atoms with van der Waals surface area (Å²) in [5, 5.41) is 2.87. The first kappa shape index (κ1) is 18.6. The highest BCUT2D eigenvalue weighted by molar-refractivity contribution is 5.91. The van der Waals surface area contributed by atoms with E-state index >= 15 is 0 Å². The first-order valence-corrected chi connectivity index (χ1v) is 8.65. The van der Waals surface area contributed by atoms with Crippen molar-refractivity contribution in [3.63, 3.8) is 0 Å². The Kier molecular flexibility index (Phi) is 5.86. The molecule has 1 atom stereocenters. The number of carbonyl (C=O) groups excluding carboxylic acids is 1. The first-order chi connectivity index (χ1) is 13.1. The lowest BCUT2D eigenvalue weighted by Crippen LogP contribution is -2.33. The van der Waals surface area contributed by atoms with Crippen molar-refractivity contribution in [3.8, 4) is 23.0 Å². The third-order valence-electron chi connectivity index (χ3n) is 4.33. The number of para-hydroxylation sites is 1. The quantitative estimate of drug-likeness (QED) is 0.761. The lowest BCUT2D eigenvalue weighted by Gasteiger charge is -2.13. The summed E-state index contributed by atoms with van der Waals surface area (Å²) in [5.74, 6) is 2.29. The van der Waals surface area contributed by atoms with Crippen LogP contribution in [0.1, 0.15) is 11.1 Å². The van der Waals surface area contributed by atoms with Crippen LogP contribution in [-0.2, 0) is 11.2 Å². The van der Waals surface area contributed by atoms with Crippen LogP contribution in [0.25, 0.3) is 6.08 Å². The van der Waals surface area contributed by atoms with Crippen LogP contribution in [0.15, 0.2) is 42.5 Å². The molecule has 0 spiro atoms. The van der Waals surface area contributed by atoms with Gasteiger partial charge in [0.1, 0.15) is 11.9 Å². The summed E-state index contributed by atoms with van der Waals surface area (Å²) in [6.45, 7) is 0.451. The third kappa shape index (κ3) is 4.34. The molecule has 0 aromatic heterocycles. The van der Waals surface area contributed by atoms with Gasteiger partial charge in [0, 0.05) is 12.5 Å². The Labute approximate surface area is 158 Å². The second kappa shape index (κ2) is 8.49. The molecule has 0 saturated heterocycles. The minimum absolute atomic E-state index is 0.0408. The van der Waals surface area contributed by atoms with E-state index in [1.54, 1.807) is 39.5 Å². The molecule has 0 radical (unpaired) electrons. The van der Waals surface area contributed by atoms with Crippen molar-refractivity contribution in [2.45, 2.75) is 12.5 Å². The number of hydrogen-bond acceptors (Lipinski definition) is 5. The Morgan fingerprint density at radius 1 is 1.15 bits per heavy atom. The topological polar surface area (TPSA) is 66.0 Å². The normalized spacial score (nSPS) is 15.1. The molecule has 1 N–H and O–H groups in total. The van der Waals surface area contributed by atoms with Crippen molar-refractivity contribution in [2.75, 3.05) is 27.9 Å². The molecular formula is C21H23NO5. The lowest BCUT2D eigenvalue weighted by atomic mass is 10.1. The van der Waals surface area contributed by atoms with Crippen molar-refractivity contribution in [1.29, 1.82) is 0 Å². The van der Waals surface area contributed by atoms with Gasteiger partial charge in [0.2, 0.25) is 11.7 Å². The fraction of sp³-hybridized carbons (Fsp3) is 0.286. The van der Waals surface area contributed by atoms with E-state index in [1.165, 1.54) is 11.6 Å². The van der Waals surface area contributed by atoms with Gasteiger partial charge in [-0.1, -0.05) is 18.2 Å². The fourth-order valence-corrected chi connectivity index (χ4v) is 3.01. The highest BCUT2D eigenvalue weighted by Gasteiger charge is 2.22. The maximum Gasteiger partial charge on any atom is 0.244 e. The second-order valence-corrected chi connectivity index (χ2v) is 6.09. The van der Waals surface area contributed by atoms with Gasteiger partial charge >= 0.3 is 0 Å². The van der Waals surface area contributed by atoms with Crippen LogP contribution in [0.3, 0.4) is 0 Å². The van der Waals surface area contributed by atoms with Crippen LogP contribution in [0.2, 0.25) is 0 Å². The van der Waals surface area contributed by atoms with Crippen molar-refractivity contribution in [3.05, 3.63) is 53.6 Å². The zero-order valence-corrected chi connectivity index (χ0v) is 15.7. The lowest BCUT2D eigenvalue weighted by molar-refractivity contribution is -0.116. The number of rotatable bonds is 7. The molecule has 1 heterocycles. The number of carbonyl (C=O) groups is 1. The standard InChI is InChI=1S/C21H23NO5/c1-24-18-10-14(11-19(25-2)21(18)26-3)8-9-20(23)22-13-16-12-15-6-4-5-7-17(15)27-16/h4-11,16H,12-13H2,1-3H3,(H,22,23)/b9-8+. The molecule has 2 aromatic carbocycles. The van der Waals surface area contributed by atoms with Crippen LogP contribution in [0.5, 0.6) is 23.0 Å². The number of hydrogen-bond donors (Lipinski definition) is 1. The van der Waals surface area contributed by atoms with Gasteiger partial charge < -0.3 is 24.3 Å². The summed E-state index contributed by atoms with van der Waals surface area (Å²) >= 11 is 0. The summed E-state index contributed by atoms with van der Waals surface area (Å²) < 4.78 is 21.7. The average molecular weight is 369 g/mol. The average Bonchev–Trinajstić information content (AvgIpc) is 3.12. The van der Waals surface area contributed by atoms with E-state index in [2.05, 4.69) is 5.32 Å². The minimum Gasteiger partial charge on any atom is -0.493 e. The predicted octanol–water partition coefficient (Wildman–Crippen LogP) is 2.85. The zero-order chi connectivity index (χ0) is 19.2. The second-order valence-electron chi connectivity index (χ2n) is 6.09. The molecule has 3 rings (SSSR count). The monoisotopic (exact) mass is 369 g/mol. The van der Waals surface area contributed by atoms with Crippen LogP contribution < -0.4 is 24.3 Å². The van der Waals surface area contributed by atoms with E-state index in [0.29, 0.717) is 23.8 Å². The van der Waals surface area contributed by atoms with Gasteiger partial charge in [0.05, 0.1) is 27.9 Å². The smallest absolute Gasteiger partial charge is 0.244 e. The fourth-order valence-electron chi connectivity index (χ4n) is 3.01. The maximum atomic E-state index is 12.1. The molecule has 6 nitrogen and oxygen atoms in total. The number of methoxy groups -OCH3 is 3. The molecular weight excluding hydrogens is 346 g/mol. The number of nitrogens with one attached hydrogen (secondary N) is 1. The number of ether oxygens (including phenoxy) is 4. The predicted molar refractivity (Wildman–Crippen MR) is 103 cm³/mol. The Balaban J connectivity index is 1.59. The molecule has 2 aromatic rings. The maximum absolute atomic E-state index is 12.1. The summed E-state index contributed by atoms with van der Waals surface area (Å²) in [4.78, 5) is 12.1. The van der Waals surface area contributed by atoms with E-state index in [9.17, 15) is 4.79 Å². The van der Waals surface area contributed by atoms with Crippen LogP contribution in [0, 0.1) is 0 Å². The molecule has 142 valence electrons. The van der Waals surface area contributed by atoms with Crippen molar-refractivity contribution in [2.24, 2.45) is 0 Å². The van der Waals surface area contributed by atoms with Gasteiger partial charge in [-0.25, -0.2) is 0 Å². The molecule has 1 amide bonds. The van der Waals surface area contributed by atoms with Gasteiger partial charge in [0.25, 0.3) is 0 Å². The van der Waals surface area contributed by atoms with Gasteiger partial charge in [-0.2, -0.15) is 0 Å². The van der Waals surface area contributed by atoms with E-state index in [4.69, 9.17) is 18.9 Å². The van der Waals surface area contributed by atoms with Gasteiger partial charge in [-0.05, 0) is 35.4 Å². The molecule has 1 aliphatic heterocycles. The van der Waals surface area contributed by atoms with E-state index in [1.807, 2.05) is 24.3 Å². The minimum atomic E-state index is -0.191. The Hall–Kier alpha value is -3.15. The van der Waals surface area contributed by atoms with Crippen molar-refractivity contribution < 1.29 is 23.7 Å². The van der Waals surface area contributed by atoms with Gasteiger partial charge in [0.15, 0.2) is 11.5 Å². The van der Waals surface area contributed by atoms with E-state index in [0.717, 1.165) is 17.7 Å². The number of amides is 1. The zero-order valence-electron chi connectivity index (χ0n) is 15.7. The summed E-state index contributed by atoms with van der Waals surface area (Å²) in [6, 6.07) is 11.5. The summed E-state index contributed by atoms with van der Waals surface area (Å²) in [5.41, 5.74) is 1.94. The summed E-state index contributed by atoms with van der Waals surface area (Å²) in [7, 11) is 4.65.